The molecule has 1 fully saturated rings. The highest BCUT2D eigenvalue weighted by molar-refractivity contribution is 6.14. The number of benzene rings is 1. The number of ether oxygens (including phenoxy) is 1. The Kier molecular flexibility index (Phi) is 4.58. The van der Waals surface area contributed by atoms with Crippen molar-refractivity contribution in [2.75, 3.05) is 30.4 Å². The maximum absolute atomic E-state index is 14.4. The minimum Gasteiger partial charge on any atom is -0.421 e. The molecule has 0 saturated carbocycles. The van der Waals surface area contributed by atoms with Crippen LogP contribution in [-0.4, -0.2) is 50.6 Å². The van der Waals surface area contributed by atoms with Gasteiger partial charge in [-0.15, -0.1) is 0 Å². The normalized spacial score (nSPS) is 19.2. The standard InChI is InChI=1S/C21H23FN8O/c1-21(23)4-3-5-30(10-21)19-16-14-6-12(22)7-15(24-2)17(14)27-18(16)28-20(29-19)31-13-8-25-11-26-9-13/h6-9,11,24H,3-5,10,23H2,1-2H3,(H,27,28,29). The molecule has 1 aliphatic heterocycles. The predicted molar refractivity (Wildman–Crippen MR) is 117 cm³/mol. The fourth-order valence-corrected chi connectivity index (χ4v) is 4.19. The number of halogens is 1. The van der Waals surface area contributed by atoms with E-state index in [1.165, 1.54) is 30.9 Å². The molecule has 1 atom stereocenters. The summed E-state index contributed by atoms with van der Waals surface area (Å²) < 4.78 is 20.2. The van der Waals surface area contributed by atoms with Gasteiger partial charge in [0.2, 0.25) is 0 Å². The molecule has 0 bridgehead atoms. The Labute approximate surface area is 177 Å². The van der Waals surface area contributed by atoms with Gasteiger partial charge in [0, 0.05) is 31.1 Å². The summed E-state index contributed by atoms with van der Waals surface area (Å²) in [6.07, 6.45) is 6.35. The van der Waals surface area contributed by atoms with Crippen LogP contribution in [0.1, 0.15) is 19.8 Å². The number of aromatic amines is 1. The van der Waals surface area contributed by atoms with Crippen molar-refractivity contribution >= 4 is 33.4 Å². The molecule has 4 aromatic rings. The fraction of sp³-hybridized carbons (Fsp3) is 0.333. The largest absolute Gasteiger partial charge is 0.421 e. The number of nitrogens with one attached hydrogen (secondary N) is 2. The van der Waals surface area contributed by atoms with Gasteiger partial charge in [0.05, 0.1) is 29.0 Å². The van der Waals surface area contributed by atoms with Gasteiger partial charge in [0.15, 0.2) is 5.75 Å². The van der Waals surface area contributed by atoms with Crippen molar-refractivity contribution in [3.63, 3.8) is 0 Å². The number of H-pyrrole nitrogens is 1. The maximum Gasteiger partial charge on any atom is 0.326 e. The van der Waals surface area contributed by atoms with Crippen LogP contribution in [0.4, 0.5) is 15.9 Å². The average molecular weight is 422 g/mol. The first-order chi connectivity index (χ1) is 14.9. The molecule has 4 heterocycles. The number of hydrogen-bond donors (Lipinski definition) is 3. The Balaban J connectivity index is 1.73. The molecule has 1 unspecified atom stereocenters. The topological polar surface area (TPSA) is 118 Å². The molecule has 3 aromatic heterocycles. The SMILES string of the molecule is CNc1cc(F)cc2c1[nH]c1nc(Oc3cncnc3)nc(N3CCCC(C)(N)C3)c12. The number of aromatic nitrogens is 5. The summed E-state index contributed by atoms with van der Waals surface area (Å²) in [6.45, 7) is 3.44. The molecule has 1 aliphatic rings. The highest BCUT2D eigenvalue weighted by Gasteiger charge is 2.30. The van der Waals surface area contributed by atoms with E-state index in [0.717, 1.165) is 30.3 Å². The second-order valence-electron chi connectivity index (χ2n) is 8.16. The molecule has 4 N–H and O–H groups in total. The lowest BCUT2D eigenvalue weighted by Gasteiger charge is -2.38. The van der Waals surface area contributed by atoms with Gasteiger partial charge in [-0.3, -0.25) is 0 Å². The van der Waals surface area contributed by atoms with E-state index >= 15 is 0 Å². The lowest BCUT2D eigenvalue weighted by molar-refractivity contribution is 0.372. The van der Waals surface area contributed by atoms with E-state index in [4.69, 9.17) is 15.5 Å². The third kappa shape index (κ3) is 3.59. The number of piperidine rings is 1. The molecular formula is C21H23FN8O. The van der Waals surface area contributed by atoms with Gasteiger partial charge >= 0.3 is 6.01 Å². The zero-order chi connectivity index (χ0) is 21.6. The van der Waals surface area contributed by atoms with Crippen LogP contribution in [0.15, 0.2) is 30.9 Å². The van der Waals surface area contributed by atoms with Gasteiger partial charge in [0.25, 0.3) is 0 Å². The first kappa shape index (κ1) is 19.4. The molecular weight excluding hydrogens is 399 g/mol. The Morgan fingerprint density at radius 3 is 2.81 bits per heavy atom. The zero-order valence-electron chi connectivity index (χ0n) is 17.3. The predicted octanol–water partition coefficient (Wildman–Crippen LogP) is 3.19. The van der Waals surface area contributed by atoms with Crippen molar-refractivity contribution in [3.8, 4) is 11.8 Å². The van der Waals surface area contributed by atoms with E-state index in [9.17, 15) is 4.39 Å². The summed E-state index contributed by atoms with van der Waals surface area (Å²) >= 11 is 0. The van der Waals surface area contributed by atoms with Crippen molar-refractivity contribution in [2.45, 2.75) is 25.3 Å². The van der Waals surface area contributed by atoms with Crippen LogP contribution in [0.3, 0.4) is 0 Å². The van der Waals surface area contributed by atoms with E-state index in [0.29, 0.717) is 34.8 Å². The summed E-state index contributed by atoms with van der Waals surface area (Å²) in [5, 5.41) is 4.48. The van der Waals surface area contributed by atoms with Gasteiger partial charge < -0.3 is 25.7 Å². The minimum absolute atomic E-state index is 0.152. The van der Waals surface area contributed by atoms with Gasteiger partial charge in [-0.2, -0.15) is 9.97 Å². The number of nitrogens with two attached hydrogens (primary N) is 1. The average Bonchev–Trinajstić information content (AvgIpc) is 3.11. The number of anilines is 2. The van der Waals surface area contributed by atoms with Crippen LogP contribution in [0.2, 0.25) is 0 Å². The summed E-state index contributed by atoms with van der Waals surface area (Å²) in [6, 6.07) is 3.10. The van der Waals surface area contributed by atoms with E-state index in [-0.39, 0.29) is 17.4 Å². The monoisotopic (exact) mass is 422 g/mol. The highest BCUT2D eigenvalue weighted by Crippen LogP contribution is 2.38. The van der Waals surface area contributed by atoms with Crippen molar-refractivity contribution in [1.82, 2.24) is 24.9 Å². The number of nitrogens with zero attached hydrogens (tertiary/aromatic N) is 5. The van der Waals surface area contributed by atoms with Crippen LogP contribution in [0, 0.1) is 5.82 Å². The number of rotatable bonds is 4. The van der Waals surface area contributed by atoms with Crippen LogP contribution in [0.25, 0.3) is 21.9 Å². The molecule has 31 heavy (non-hydrogen) atoms. The molecule has 10 heteroatoms. The van der Waals surface area contributed by atoms with Crippen molar-refractivity contribution in [3.05, 3.63) is 36.7 Å². The van der Waals surface area contributed by atoms with Crippen LogP contribution >= 0.6 is 0 Å². The zero-order valence-corrected chi connectivity index (χ0v) is 17.3. The van der Waals surface area contributed by atoms with E-state index in [2.05, 4.69) is 30.2 Å². The molecule has 1 aromatic carbocycles. The second-order valence-corrected chi connectivity index (χ2v) is 8.16. The van der Waals surface area contributed by atoms with Gasteiger partial charge in [-0.05, 0) is 31.9 Å². The summed E-state index contributed by atoms with van der Waals surface area (Å²) in [7, 11) is 1.75. The highest BCUT2D eigenvalue weighted by atomic mass is 19.1. The lowest BCUT2D eigenvalue weighted by atomic mass is 9.92. The maximum atomic E-state index is 14.4. The smallest absolute Gasteiger partial charge is 0.326 e. The first-order valence-electron chi connectivity index (χ1n) is 10.1. The van der Waals surface area contributed by atoms with Crippen molar-refractivity contribution in [1.29, 1.82) is 0 Å². The quantitative estimate of drug-likeness (QED) is 0.459. The Morgan fingerprint density at radius 1 is 1.26 bits per heavy atom. The Hall–Kier alpha value is -3.53. The fourth-order valence-electron chi connectivity index (χ4n) is 4.19. The molecule has 0 spiro atoms. The van der Waals surface area contributed by atoms with Crippen LogP contribution in [-0.2, 0) is 0 Å². The number of fused-ring (bicyclic) bond motifs is 3. The molecule has 1 saturated heterocycles. The molecule has 0 radical (unpaired) electrons. The third-order valence-electron chi connectivity index (χ3n) is 5.53. The van der Waals surface area contributed by atoms with Gasteiger partial charge in [-0.1, -0.05) is 0 Å². The van der Waals surface area contributed by atoms with E-state index in [1.807, 2.05) is 6.92 Å². The van der Waals surface area contributed by atoms with Gasteiger partial charge in [-0.25, -0.2) is 14.4 Å². The lowest BCUT2D eigenvalue weighted by Crippen LogP contribution is -2.52. The number of hydrogen-bond acceptors (Lipinski definition) is 8. The molecule has 5 rings (SSSR count). The van der Waals surface area contributed by atoms with E-state index < -0.39 is 0 Å². The first-order valence-corrected chi connectivity index (χ1v) is 10.1. The molecule has 0 amide bonds. The Bertz CT molecular complexity index is 1260. The van der Waals surface area contributed by atoms with Crippen molar-refractivity contribution < 1.29 is 9.13 Å². The second kappa shape index (κ2) is 7.31. The van der Waals surface area contributed by atoms with Crippen molar-refractivity contribution in [2.24, 2.45) is 5.73 Å². The van der Waals surface area contributed by atoms with Crippen LogP contribution < -0.4 is 20.7 Å². The van der Waals surface area contributed by atoms with Gasteiger partial charge in [0.1, 0.15) is 23.6 Å². The van der Waals surface area contributed by atoms with Crippen LogP contribution in [0.5, 0.6) is 11.8 Å². The minimum atomic E-state index is -0.350. The molecule has 160 valence electrons. The Morgan fingerprint density at radius 2 is 2.06 bits per heavy atom. The summed E-state index contributed by atoms with van der Waals surface area (Å²) in [4.78, 5) is 22.6. The summed E-state index contributed by atoms with van der Waals surface area (Å²) in [5.74, 6) is 0.744. The molecule has 0 aliphatic carbocycles. The third-order valence-corrected chi connectivity index (χ3v) is 5.53. The summed E-state index contributed by atoms with van der Waals surface area (Å²) in [5.41, 5.74) is 8.05. The van der Waals surface area contributed by atoms with E-state index in [1.54, 1.807) is 7.05 Å². The molecule has 9 nitrogen and oxygen atoms in total.